The van der Waals surface area contributed by atoms with Crippen molar-refractivity contribution < 1.29 is 14.3 Å². The number of rotatable bonds is 7. The van der Waals surface area contributed by atoms with Gasteiger partial charge < -0.3 is 14.8 Å². The van der Waals surface area contributed by atoms with Gasteiger partial charge in [-0.2, -0.15) is 0 Å². The number of nitrogens with zero attached hydrogens (tertiary/aromatic N) is 3. The van der Waals surface area contributed by atoms with Crippen LogP contribution in [0, 0.1) is 0 Å². The molecule has 0 heterocycles. The van der Waals surface area contributed by atoms with Crippen LogP contribution in [0.2, 0.25) is 0 Å². The van der Waals surface area contributed by atoms with Crippen LogP contribution < -0.4 is 5.32 Å². The fraction of sp³-hybridized carbons (Fsp3) is 0.900. The van der Waals surface area contributed by atoms with Crippen molar-refractivity contribution in [2.24, 2.45) is 5.11 Å². The van der Waals surface area contributed by atoms with Crippen molar-refractivity contribution in [1.29, 1.82) is 0 Å². The molecule has 0 aromatic carbocycles. The maximum atomic E-state index is 11.7. The highest BCUT2D eigenvalue weighted by molar-refractivity contribution is 5.82. The Morgan fingerprint density at radius 1 is 1.59 bits per heavy atom. The van der Waals surface area contributed by atoms with Crippen LogP contribution in [0.15, 0.2) is 5.11 Å². The van der Waals surface area contributed by atoms with E-state index in [9.17, 15) is 4.79 Å². The Balaban J connectivity index is 2.38. The second kappa shape index (κ2) is 6.44. The van der Waals surface area contributed by atoms with Gasteiger partial charge in [0.2, 0.25) is 0 Å². The molecule has 0 aliphatic heterocycles. The van der Waals surface area contributed by atoms with Crippen LogP contribution in [0.5, 0.6) is 0 Å². The minimum Gasteiger partial charge on any atom is -0.468 e. The molecular formula is C10H18N4O3. The second-order valence-corrected chi connectivity index (χ2v) is 4.07. The van der Waals surface area contributed by atoms with Crippen molar-refractivity contribution in [3.8, 4) is 0 Å². The largest absolute Gasteiger partial charge is 0.468 e. The van der Waals surface area contributed by atoms with E-state index >= 15 is 0 Å². The summed E-state index contributed by atoms with van der Waals surface area (Å²) in [5.41, 5.74) is 7.50. The first-order valence-corrected chi connectivity index (χ1v) is 5.55. The van der Waals surface area contributed by atoms with Crippen molar-refractivity contribution >= 4 is 5.97 Å². The Bertz CT molecular complexity index is 309. The SMILES string of the molecule is COC(=O)C1(NCCCN=[N+]=[N-])CC(OC)C1. The standard InChI is InChI=1S/C10H18N4O3/c1-16-8-6-10(7-8,9(15)17-2)12-4-3-5-13-14-11/h8,12H,3-7H2,1-2H3. The van der Waals surface area contributed by atoms with Crippen molar-refractivity contribution in [1.82, 2.24) is 5.32 Å². The summed E-state index contributed by atoms with van der Waals surface area (Å²) in [5.74, 6) is -0.255. The van der Waals surface area contributed by atoms with Crippen molar-refractivity contribution in [2.75, 3.05) is 27.3 Å². The maximum Gasteiger partial charge on any atom is 0.326 e. The molecule has 1 aliphatic carbocycles. The van der Waals surface area contributed by atoms with Gasteiger partial charge in [0, 0.05) is 31.4 Å². The van der Waals surface area contributed by atoms with Gasteiger partial charge in [-0.15, -0.1) is 0 Å². The van der Waals surface area contributed by atoms with Gasteiger partial charge in [-0.05, 0) is 18.5 Å². The topological polar surface area (TPSA) is 96.3 Å². The van der Waals surface area contributed by atoms with Gasteiger partial charge in [0.1, 0.15) is 5.54 Å². The quantitative estimate of drug-likeness (QED) is 0.237. The molecule has 0 aromatic rings. The van der Waals surface area contributed by atoms with Crippen LogP contribution in [0.1, 0.15) is 19.3 Å². The number of carbonyl (C=O) groups is 1. The average Bonchev–Trinajstić information content (AvgIpc) is 2.30. The smallest absolute Gasteiger partial charge is 0.326 e. The molecule has 0 aromatic heterocycles. The minimum absolute atomic E-state index is 0.110. The third-order valence-corrected chi connectivity index (χ3v) is 3.02. The number of methoxy groups -OCH3 is 2. The number of hydrogen-bond donors (Lipinski definition) is 1. The maximum absolute atomic E-state index is 11.7. The summed E-state index contributed by atoms with van der Waals surface area (Å²) in [6.07, 6.45) is 2.05. The third-order valence-electron chi connectivity index (χ3n) is 3.02. The molecule has 1 aliphatic rings. The van der Waals surface area contributed by atoms with Crippen LogP contribution in [0.3, 0.4) is 0 Å². The van der Waals surface area contributed by atoms with Gasteiger partial charge in [-0.3, -0.25) is 4.79 Å². The molecule has 1 rings (SSSR count). The molecule has 7 heteroatoms. The van der Waals surface area contributed by atoms with E-state index in [1.807, 2.05) is 0 Å². The van der Waals surface area contributed by atoms with E-state index < -0.39 is 5.54 Å². The molecule has 0 spiro atoms. The molecule has 1 saturated carbocycles. The second-order valence-electron chi connectivity index (χ2n) is 4.07. The van der Waals surface area contributed by atoms with E-state index in [4.69, 9.17) is 15.0 Å². The van der Waals surface area contributed by atoms with Gasteiger partial charge in [0.15, 0.2) is 0 Å². The van der Waals surface area contributed by atoms with Crippen molar-refractivity contribution in [2.45, 2.75) is 30.9 Å². The van der Waals surface area contributed by atoms with E-state index in [0.29, 0.717) is 32.4 Å². The monoisotopic (exact) mass is 242 g/mol. The van der Waals surface area contributed by atoms with E-state index in [1.54, 1.807) is 7.11 Å². The van der Waals surface area contributed by atoms with Crippen LogP contribution in [0.25, 0.3) is 10.4 Å². The molecular weight excluding hydrogens is 224 g/mol. The molecule has 0 amide bonds. The highest BCUT2D eigenvalue weighted by atomic mass is 16.5. The summed E-state index contributed by atoms with van der Waals surface area (Å²) < 4.78 is 9.96. The Kier molecular flexibility index (Phi) is 5.21. The molecule has 0 bridgehead atoms. The minimum atomic E-state index is -0.619. The van der Waals surface area contributed by atoms with Gasteiger partial charge in [0.25, 0.3) is 0 Å². The van der Waals surface area contributed by atoms with Crippen LogP contribution >= 0.6 is 0 Å². The molecule has 96 valence electrons. The van der Waals surface area contributed by atoms with E-state index in [2.05, 4.69) is 15.3 Å². The highest BCUT2D eigenvalue weighted by Gasteiger charge is 2.51. The summed E-state index contributed by atoms with van der Waals surface area (Å²) in [4.78, 5) is 14.3. The molecule has 1 fully saturated rings. The Labute approximate surface area is 100 Å². The Morgan fingerprint density at radius 2 is 2.29 bits per heavy atom. The third kappa shape index (κ3) is 3.33. The van der Waals surface area contributed by atoms with Crippen molar-refractivity contribution in [3.63, 3.8) is 0 Å². The average molecular weight is 242 g/mol. The predicted octanol–water partition coefficient (Wildman–Crippen LogP) is 0.997. The van der Waals surface area contributed by atoms with Gasteiger partial charge in [-0.1, -0.05) is 5.11 Å². The van der Waals surface area contributed by atoms with Gasteiger partial charge in [-0.25, -0.2) is 0 Å². The highest BCUT2D eigenvalue weighted by Crippen LogP contribution is 2.35. The fourth-order valence-electron chi connectivity index (χ4n) is 1.98. The van der Waals surface area contributed by atoms with Crippen molar-refractivity contribution in [3.05, 3.63) is 10.4 Å². The molecule has 1 N–H and O–H groups in total. The first-order valence-electron chi connectivity index (χ1n) is 5.55. The van der Waals surface area contributed by atoms with Crippen LogP contribution in [-0.2, 0) is 14.3 Å². The molecule has 0 atom stereocenters. The normalized spacial score (nSPS) is 26.8. The molecule has 0 unspecified atom stereocenters. The van der Waals surface area contributed by atoms with Crippen LogP contribution in [0.4, 0.5) is 0 Å². The number of nitrogens with one attached hydrogen (secondary N) is 1. The van der Waals surface area contributed by atoms with Gasteiger partial charge >= 0.3 is 5.97 Å². The zero-order valence-corrected chi connectivity index (χ0v) is 10.2. The first-order chi connectivity index (χ1) is 8.18. The molecule has 0 radical (unpaired) electrons. The summed E-state index contributed by atoms with van der Waals surface area (Å²) in [6.45, 7) is 1.04. The lowest BCUT2D eigenvalue weighted by molar-refractivity contribution is -0.160. The molecule has 0 saturated heterocycles. The lowest BCUT2D eigenvalue weighted by atomic mass is 9.74. The number of azide groups is 1. The predicted molar refractivity (Wildman–Crippen MR) is 61.4 cm³/mol. The molecule has 7 nitrogen and oxygen atoms in total. The van der Waals surface area contributed by atoms with E-state index in [1.165, 1.54) is 7.11 Å². The summed E-state index contributed by atoms with van der Waals surface area (Å²) in [5, 5.41) is 6.60. The van der Waals surface area contributed by atoms with E-state index in [-0.39, 0.29) is 12.1 Å². The number of hydrogen-bond acceptors (Lipinski definition) is 5. The first kappa shape index (κ1) is 13.8. The summed E-state index contributed by atoms with van der Waals surface area (Å²) in [7, 11) is 3.01. The fourth-order valence-corrected chi connectivity index (χ4v) is 1.98. The number of carbonyl (C=O) groups excluding carboxylic acids is 1. The number of esters is 1. The zero-order valence-electron chi connectivity index (χ0n) is 10.2. The molecule has 17 heavy (non-hydrogen) atoms. The Morgan fingerprint density at radius 3 is 2.82 bits per heavy atom. The van der Waals surface area contributed by atoms with Crippen LogP contribution in [-0.4, -0.2) is 44.9 Å². The lowest BCUT2D eigenvalue weighted by Crippen LogP contribution is -2.63. The number of ether oxygens (including phenoxy) is 2. The van der Waals surface area contributed by atoms with E-state index in [0.717, 1.165) is 0 Å². The zero-order chi connectivity index (χ0) is 12.7. The summed E-state index contributed by atoms with van der Waals surface area (Å²) >= 11 is 0. The lowest BCUT2D eigenvalue weighted by Gasteiger charge is -2.44. The van der Waals surface area contributed by atoms with Gasteiger partial charge in [0.05, 0.1) is 13.2 Å². The Hall–Kier alpha value is -1.30. The summed E-state index contributed by atoms with van der Waals surface area (Å²) in [6, 6.07) is 0.